The Kier molecular flexibility index (Phi) is 8.32. The minimum Gasteiger partial charge on any atom is -0.467 e. The topological polar surface area (TPSA) is 105 Å². The highest BCUT2D eigenvalue weighted by Crippen LogP contribution is 2.19. The van der Waals surface area contributed by atoms with Gasteiger partial charge in [-0.25, -0.2) is 4.79 Å². The number of benzene rings is 3. The minimum absolute atomic E-state index is 0.193. The molecule has 3 aromatic rings. The maximum absolute atomic E-state index is 13.0. The average Bonchev–Trinajstić information content (AvgIpc) is 2.87. The highest BCUT2D eigenvalue weighted by Gasteiger charge is 2.32. The van der Waals surface area contributed by atoms with Crippen LogP contribution in [0.15, 0.2) is 91.0 Å². The second-order valence-corrected chi connectivity index (χ2v) is 7.45. The summed E-state index contributed by atoms with van der Waals surface area (Å²) in [5, 5.41) is 16.2. The van der Waals surface area contributed by atoms with Gasteiger partial charge in [-0.3, -0.25) is 9.59 Å². The van der Waals surface area contributed by atoms with Crippen molar-refractivity contribution in [3.05, 3.63) is 108 Å². The number of carbonyl (C=O) groups is 3. The zero-order valence-electron chi connectivity index (χ0n) is 18.2. The Hall–Kier alpha value is -3.97. The number of hydrogen-bond acceptors (Lipinski definition) is 5. The molecule has 0 aliphatic carbocycles. The number of carbonyl (C=O) groups excluding carboxylic acids is 3. The molecule has 0 bridgehead atoms. The van der Waals surface area contributed by atoms with Crippen molar-refractivity contribution >= 4 is 17.8 Å². The fraction of sp³-hybridized carbons (Fsp3) is 0.192. The Morgan fingerprint density at radius 3 is 1.94 bits per heavy atom. The zero-order valence-corrected chi connectivity index (χ0v) is 18.2. The van der Waals surface area contributed by atoms with E-state index in [1.165, 1.54) is 7.11 Å². The van der Waals surface area contributed by atoms with Gasteiger partial charge in [-0.05, 0) is 23.3 Å². The van der Waals surface area contributed by atoms with E-state index < -0.39 is 36.0 Å². The number of nitrogens with one attached hydrogen (secondary N) is 2. The quantitative estimate of drug-likeness (QED) is 0.438. The van der Waals surface area contributed by atoms with E-state index in [1.54, 1.807) is 60.7 Å². The fourth-order valence-corrected chi connectivity index (χ4v) is 3.41. The fourth-order valence-electron chi connectivity index (χ4n) is 3.41. The van der Waals surface area contributed by atoms with Crippen LogP contribution in [-0.2, 0) is 20.7 Å². The van der Waals surface area contributed by atoms with E-state index in [9.17, 15) is 19.5 Å². The van der Waals surface area contributed by atoms with Gasteiger partial charge in [0.05, 0.1) is 13.2 Å². The lowest BCUT2D eigenvalue weighted by molar-refractivity contribution is -0.146. The van der Waals surface area contributed by atoms with Crippen LogP contribution in [-0.4, -0.2) is 42.1 Å². The van der Waals surface area contributed by atoms with Crippen molar-refractivity contribution < 1.29 is 24.2 Å². The Bertz CT molecular complexity index is 1060. The summed E-state index contributed by atoms with van der Waals surface area (Å²) in [5.74, 6) is -1.88. The molecule has 0 radical (unpaired) electrons. The summed E-state index contributed by atoms with van der Waals surface area (Å²) in [6, 6.07) is 24.3. The summed E-state index contributed by atoms with van der Waals surface area (Å²) in [5.41, 5.74) is 1.75. The van der Waals surface area contributed by atoms with Crippen LogP contribution in [0.2, 0.25) is 0 Å². The van der Waals surface area contributed by atoms with Crippen molar-refractivity contribution in [1.82, 2.24) is 10.6 Å². The third kappa shape index (κ3) is 6.51. The van der Waals surface area contributed by atoms with E-state index in [2.05, 4.69) is 10.6 Å². The smallest absolute Gasteiger partial charge is 0.328 e. The summed E-state index contributed by atoms with van der Waals surface area (Å²) >= 11 is 0. The lowest BCUT2D eigenvalue weighted by atomic mass is 9.99. The monoisotopic (exact) mass is 446 g/mol. The number of ether oxygens (including phenoxy) is 1. The number of methoxy groups -OCH3 is 1. The summed E-state index contributed by atoms with van der Waals surface area (Å²) in [4.78, 5) is 38.0. The number of hydrogen-bond donors (Lipinski definition) is 3. The predicted molar refractivity (Wildman–Crippen MR) is 123 cm³/mol. The van der Waals surface area contributed by atoms with Gasteiger partial charge in [0.15, 0.2) is 6.10 Å². The first kappa shape index (κ1) is 23.7. The molecule has 3 rings (SSSR count). The van der Waals surface area contributed by atoms with E-state index in [1.807, 2.05) is 30.3 Å². The van der Waals surface area contributed by atoms with Crippen LogP contribution in [0.3, 0.4) is 0 Å². The molecule has 0 aromatic heterocycles. The standard InChI is InChI=1S/C26H26N2O5/c1-33-26(32)21(17-18-11-5-2-6-12-18)27-25(31)23(29)22(19-13-7-3-8-14-19)28-24(30)20-15-9-4-10-16-20/h2-16,21-23,29H,17H2,1H3,(H,27,31)(H,28,30)/t21-,22-,23+/m0/s1. The molecule has 7 heteroatoms. The van der Waals surface area contributed by atoms with Crippen LogP contribution in [0, 0.1) is 0 Å². The van der Waals surface area contributed by atoms with Gasteiger partial charge in [0.2, 0.25) is 0 Å². The number of aliphatic hydroxyl groups excluding tert-OH is 1. The van der Waals surface area contributed by atoms with Crippen molar-refractivity contribution in [2.75, 3.05) is 7.11 Å². The highest BCUT2D eigenvalue weighted by atomic mass is 16.5. The second-order valence-electron chi connectivity index (χ2n) is 7.45. The maximum atomic E-state index is 13.0. The van der Waals surface area contributed by atoms with E-state index >= 15 is 0 Å². The first-order valence-corrected chi connectivity index (χ1v) is 10.5. The molecule has 33 heavy (non-hydrogen) atoms. The molecule has 0 heterocycles. The largest absolute Gasteiger partial charge is 0.467 e. The molecule has 0 unspecified atom stereocenters. The van der Waals surface area contributed by atoms with Crippen LogP contribution in [0.5, 0.6) is 0 Å². The lowest BCUT2D eigenvalue weighted by Gasteiger charge is -2.26. The normalized spacial score (nSPS) is 13.3. The van der Waals surface area contributed by atoms with Crippen LogP contribution in [0.4, 0.5) is 0 Å². The Labute approximate surface area is 192 Å². The third-order valence-corrected chi connectivity index (χ3v) is 5.15. The first-order chi connectivity index (χ1) is 16.0. The SMILES string of the molecule is COC(=O)[C@H](Cc1ccccc1)NC(=O)[C@H](O)[C@@H](NC(=O)c1ccccc1)c1ccccc1. The van der Waals surface area contributed by atoms with Crippen LogP contribution < -0.4 is 10.6 Å². The Morgan fingerprint density at radius 1 is 0.818 bits per heavy atom. The maximum Gasteiger partial charge on any atom is 0.328 e. The van der Waals surface area contributed by atoms with Crippen LogP contribution >= 0.6 is 0 Å². The van der Waals surface area contributed by atoms with Gasteiger partial charge in [-0.2, -0.15) is 0 Å². The lowest BCUT2D eigenvalue weighted by Crippen LogP contribution is -2.51. The van der Waals surface area contributed by atoms with Gasteiger partial charge >= 0.3 is 5.97 Å². The van der Waals surface area contributed by atoms with Crippen molar-refractivity contribution in [3.63, 3.8) is 0 Å². The van der Waals surface area contributed by atoms with Crippen LogP contribution in [0.25, 0.3) is 0 Å². The molecule has 3 N–H and O–H groups in total. The van der Waals surface area contributed by atoms with Crippen molar-refractivity contribution in [1.29, 1.82) is 0 Å². The van der Waals surface area contributed by atoms with Gasteiger partial charge < -0.3 is 20.5 Å². The molecule has 2 amide bonds. The highest BCUT2D eigenvalue weighted by molar-refractivity contribution is 5.95. The number of aliphatic hydroxyl groups is 1. The predicted octanol–water partition coefficient (Wildman–Crippen LogP) is 2.42. The summed E-state index contributed by atoms with van der Waals surface area (Å²) in [6.45, 7) is 0. The van der Waals surface area contributed by atoms with Crippen molar-refractivity contribution in [2.45, 2.75) is 24.6 Å². The molecule has 0 saturated carbocycles. The van der Waals surface area contributed by atoms with Crippen molar-refractivity contribution in [2.24, 2.45) is 0 Å². The Balaban J connectivity index is 1.80. The second kappa shape index (κ2) is 11.6. The molecule has 7 nitrogen and oxygen atoms in total. The molecule has 0 spiro atoms. The molecule has 0 aliphatic rings. The zero-order chi connectivity index (χ0) is 23.6. The summed E-state index contributed by atoms with van der Waals surface area (Å²) in [6.07, 6.45) is -1.46. The number of rotatable bonds is 9. The van der Waals surface area contributed by atoms with E-state index in [4.69, 9.17) is 4.74 Å². The third-order valence-electron chi connectivity index (χ3n) is 5.15. The summed E-state index contributed by atoms with van der Waals surface area (Å²) in [7, 11) is 1.23. The number of amides is 2. The molecule has 170 valence electrons. The van der Waals surface area contributed by atoms with Gasteiger partial charge in [0.1, 0.15) is 6.04 Å². The van der Waals surface area contributed by atoms with E-state index in [0.717, 1.165) is 5.56 Å². The molecule has 3 aromatic carbocycles. The van der Waals surface area contributed by atoms with Crippen LogP contribution in [0.1, 0.15) is 27.5 Å². The van der Waals surface area contributed by atoms with E-state index in [0.29, 0.717) is 11.1 Å². The van der Waals surface area contributed by atoms with E-state index in [-0.39, 0.29) is 6.42 Å². The molecule has 0 saturated heterocycles. The molecule has 0 fully saturated rings. The minimum atomic E-state index is -1.65. The number of esters is 1. The first-order valence-electron chi connectivity index (χ1n) is 10.5. The average molecular weight is 447 g/mol. The molecular formula is C26H26N2O5. The molecule has 3 atom stereocenters. The van der Waals surface area contributed by atoms with Crippen molar-refractivity contribution in [3.8, 4) is 0 Å². The van der Waals surface area contributed by atoms with Gasteiger partial charge in [0.25, 0.3) is 11.8 Å². The van der Waals surface area contributed by atoms with Gasteiger partial charge in [-0.15, -0.1) is 0 Å². The molecule has 0 aliphatic heterocycles. The summed E-state index contributed by atoms with van der Waals surface area (Å²) < 4.78 is 4.83. The van der Waals surface area contributed by atoms with Gasteiger partial charge in [-0.1, -0.05) is 78.9 Å². The Morgan fingerprint density at radius 2 is 1.36 bits per heavy atom. The molecular weight excluding hydrogens is 420 g/mol. The van der Waals surface area contributed by atoms with Gasteiger partial charge in [0, 0.05) is 12.0 Å².